The first-order valence-electron chi connectivity index (χ1n) is 9.46. The molecule has 0 radical (unpaired) electrons. The Bertz CT molecular complexity index is 1240. The molecule has 0 aliphatic heterocycles. The molecule has 6 heteroatoms. The molecular weight excluding hydrogens is 404 g/mol. The third-order valence-electron chi connectivity index (χ3n) is 4.92. The molecule has 2 heterocycles. The second kappa shape index (κ2) is 8.01. The zero-order chi connectivity index (χ0) is 20.5. The largest absolute Gasteiger partial charge is 0.494 e. The van der Waals surface area contributed by atoms with Gasteiger partial charge in [-0.1, -0.05) is 41.9 Å². The summed E-state index contributed by atoms with van der Waals surface area (Å²) in [5.41, 5.74) is 2.79. The fraction of sp³-hybridized carbons (Fsp3) is 0.217. The van der Waals surface area contributed by atoms with Gasteiger partial charge in [0.15, 0.2) is 0 Å². The molecule has 2 aromatic heterocycles. The molecule has 0 N–H and O–H groups in total. The van der Waals surface area contributed by atoms with Crippen molar-refractivity contribution in [1.29, 1.82) is 0 Å². The highest BCUT2D eigenvalue weighted by Crippen LogP contribution is 2.36. The molecular formula is C23H21ClN2O2S. The first-order valence-corrected chi connectivity index (χ1v) is 10.7. The van der Waals surface area contributed by atoms with E-state index in [1.807, 2.05) is 69.3 Å². The normalized spacial score (nSPS) is 11.2. The predicted molar refractivity (Wildman–Crippen MR) is 121 cm³/mol. The second-order valence-corrected chi connectivity index (χ2v) is 8.42. The third kappa shape index (κ3) is 3.68. The molecule has 4 rings (SSSR count). The molecule has 0 bridgehead atoms. The van der Waals surface area contributed by atoms with Crippen LogP contribution in [-0.2, 0) is 6.54 Å². The van der Waals surface area contributed by atoms with E-state index >= 15 is 0 Å². The smallest absolute Gasteiger partial charge is 0.263 e. The average Bonchev–Trinajstić information content (AvgIpc) is 3.03. The van der Waals surface area contributed by atoms with E-state index in [-0.39, 0.29) is 5.56 Å². The number of halogens is 1. The maximum atomic E-state index is 13.5. The number of aryl methyl sites for hydroxylation is 2. The number of aromatic nitrogens is 2. The highest BCUT2D eigenvalue weighted by Gasteiger charge is 2.19. The maximum Gasteiger partial charge on any atom is 0.263 e. The van der Waals surface area contributed by atoms with Crippen LogP contribution < -0.4 is 10.3 Å². The summed E-state index contributed by atoms with van der Waals surface area (Å²) < 4.78 is 7.25. The Kier molecular flexibility index (Phi) is 5.43. The average molecular weight is 425 g/mol. The van der Waals surface area contributed by atoms with Crippen LogP contribution in [0.25, 0.3) is 21.3 Å². The molecule has 148 valence electrons. The Hall–Kier alpha value is -2.63. The van der Waals surface area contributed by atoms with Gasteiger partial charge in [-0.05, 0) is 50.1 Å². The van der Waals surface area contributed by atoms with Gasteiger partial charge in [-0.15, -0.1) is 11.3 Å². The molecule has 0 spiro atoms. The Balaban J connectivity index is 1.87. The number of hydrogen-bond donors (Lipinski definition) is 0. The lowest BCUT2D eigenvalue weighted by molar-refractivity contribution is 0.340. The van der Waals surface area contributed by atoms with Gasteiger partial charge in [0.25, 0.3) is 5.56 Å². The van der Waals surface area contributed by atoms with Gasteiger partial charge in [-0.25, -0.2) is 4.98 Å². The zero-order valence-electron chi connectivity index (χ0n) is 16.5. The molecule has 0 saturated heterocycles. The van der Waals surface area contributed by atoms with Crippen molar-refractivity contribution in [2.45, 2.75) is 27.3 Å². The van der Waals surface area contributed by atoms with Crippen molar-refractivity contribution in [2.24, 2.45) is 0 Å². The van der Waals surface area contributed by atoms with Crippen LogP contribution in [0.1, 0.15) is 23.2 Å². The minimum atomic E-state index is -0.0411. The first-order chi connectivity index (χ1) is 14.0. The van der Waals surface area contributed by atoms with E-state index in [4.69, 9.17) is 21.3 Å². The van der Waals surface area contributed by atoms with Gasteiger partial charge >= 0.3 is 0 Å². The van der Waals surface area contributed by atoms with Gasteiger partial charge in [0.05, 0.1) is 18.5 Å². The molecule has 0 atom stereocenters. The van der Waals surface area contributed by atoms with E-state index in [0.717, 1.165) is 32.1 Å². The summed E-state index contributed by atoms with van der Waals surface area (Å²) in [4.78, 5) is 20.1. The molecule has 0 aliphatic carbocycles. The van der Waals surface area contributed by atoms with Crippen LogP contribution in [0.5, 0.6) is 5.75 Å². The number of hydrogen-bond acceptors (Lipinski definition) is 4. The summed E-state index contributed by atoms with van der Waals surface area (Å²) in [5, 5.41) is 1.31. The number of fused-ring (bicyclic) bond motifs is 1. The van der Waals surface area contributed by atoms with E-state index in [2.05, 4.69) is 0 Å². The molecule has 0 fully saturated rings. The molecule has 4 aromatic rings. The summed E-state index contributed by atoms with van der Waals surface area (Å²) in [6.45, 7) is 6.87. The zero-order valence-corrected chi connectivity index (χ0v) is 18.1. The van der Waals surface area contributed by atoms with Crippen LogP contribution in [0.3, 0.4) is 0 Å². The molecule has 0 unspecified atom stereocenters. The van der Waals surface area contributed by atoms with Crippen LogP contribution in [0.4, 0.5) is 0 Å². The van der Waals surface area contributed by atoms with Crippen molar-refractivity contribution in [3.63, 3.8) is 0 Å². The van der Waals surface area contributed by atoms with Gasteiger partial charge in [-0.3, -0.25) is 9.36 Å². The van der Waals surface area contributed by atoms with Gasteiger partial charge < -0.3 is 4.74 Å². The van der Waals surface area contributed by atoms with Gasteiger partial charge in [0.1, 0.15) is 16.4 Å². The van der Waals surface area contributed by atoms with Crippen molar-refractivity contribution in [3.05, 3.63) is 80.2 Å². The molecule has 0 amide bonds. The Morgan fingerprint density at radius 3 is 2.52 bits per heavy atom. The van der Waals surface area contributed by atoms with Crippen LogP contribution in [0.15, 0.2) is 53.3 Å². The quantitative estimate of drug-likeness (QED) is 0.404. The van der Waals surface area contributed by atoms with Crippen LogP contribution in [-0.4, -0.2) is 16.2 Å². The molecule has 2 aromatic carbocycles. The fourth-order valence-corrected chi connectivity index (χ4v) is 4.79. The van der Waals surface area contributed by atoms with Gasteiger partial charge in [0.2, 0.25) is 0 Å². The van der Waals surface area contributed by atoms with E-state index in [1.54, 1.807) is 15.9 Å². The fourth-order valence-electron chi connectivity index (χ4n) is 3.51. The number of thiophene rings is 1. The van der Waals surface area contributed by atoms with Crippen molar-refractivity contribution in [3.8, 4) is 16.9 Å². The maximum absolute atomic E-state index is 13.5. The highest BCUT2D eigenvalue weighted by atomic mass is 35.5. The lowest BCUT2D eigenvalue weighted by atomic mass is 10.0. The van der Waals surface area contributed by atoms with Gasteiger partial charge in [0, 0.05) is 15.5 Å². The molecule has 4 nitrogen and oxygen atoms in total. The van der Waals surface area contributed by atoms with Crippen molar-refractivity contribution >= 4 is 33.2 Å². The minimum absolute atomic E-state index is 0.0411. The number of nitrogens with zero attached hydrogens (tertiary/aromatic N) is 2. The molecule has 0 saturated carbocycles. The van der Waals surface area contributed by atoms with E-state index in [1.165, 1.54) is 0 Å². The Labute approximate surface area is 178 Å². The summed E-state index contributed by atoms with van der Waals surface area (Å²) in [6.07, 6.45) is 0. The van der Waals surface area contributed by atoms with E-state index in [0.29, 0.717) is 29.4 Å². The van der Waals surface area contributed by atoms with Crippen LogP contribution in [0, 0.1) is 13.8 Å². The summed E-state index contributed by atoms with van der Waals surface area (Å²) in [7, 11) is 0. The van der Waals surface area contributed by atoms with Crippen molar-refractivity contribution < 1.29 is 4.74 Å². The standard InChI is InChI=1S/C23H21ClN2O2S/c1-4-28-18-11-9-16(10-12-18)20-14(2)29-22-21(20)23(27)26(15(3)25-22)13-17-7-5-6-8-19(17)24/h5-12H,4,13H2,1-3H3. The van der Waals surface area contributed by atoms with Crippen LogP contribution in [0.2, 0.25) is 5.02 Å². The topological polar surface area (TPSA) is 44.1 Å². The second-order valence-electron chi connectivity index (χ2n) is 6.81. The predicted octanol–water partition coefficient (Wildman–Crippen LogP) is 5.84. The minimum Gasteiger partial charge on any atom is -0.494 e. The Morgan fingerprint density at radius 2 is 1.83 bits per heavy atom. The summed E-state index contributed by atoms with van der Waals surface area (Å²) in [6, 6.07) is 15.4. The number of ether oxygens (including phenoxy) is 1. The van der Waals surface area contributed by atoms with Crippen molar-refractivity contribution in [2.75, 3.05) is 6.61 Å². The monoisotopic (exact) mass is 424 g/mol. The number of rotatable bonds is 5. The molecule has 0 aliphatic rings. The van der Waals surface area contributed by atoms with Crippen molar-refractivity contribution in [1.82, 2.24) is 9.55 Å². The lowest BCUT2D eigenvalue weighted by Gasteiger charge is -2.11. The number of benzene rings is 2. The van der Waals surface area contributed by atoms with E-state index < -0.39 is 0 Å². The summed E-state index contributed by atoms with van der Waals surface area (Å²) in [5.74, 6) is 1.50. The van der Waals surface area contributed by atoms with E-state index in [9.17, 15) is 4.79 Å². The Morgan fingerprint density at radius 1 is 1.10 bits per heavy atom. The lowest BCUT2D eigenvalue weighted by Crippen LogP contribution is -2.24. The highest BCUT2D eigenvalue weighted by molar-refractivity contribution is 7.19. The SMILES string of the molecule is CCOc1ccc(-c2c(C)sc3nc(C)n(Cc4ccccc4Cl)c(=O)c23)cc1. The van der Waals surface area contributed by atoms with Crippen LogP contribution >= 0.6 is 22.9 Å². The van der Waals surface area contributed by atoms with Gasteiger partial charge in [-0.2, -0.15) is 0 Å². The third-order valence-corrected chi connectivity index (χ3v) is 6.29. The summed E-state index contributed by atoms with van der Waals surface area (Å²) >= 11 is 7.88. The molecule has 29 heavy (non-hydrogen) atoms. The first kappa shape index (κ1) is 19.7.